The third-order valence-electron chi connectivity index (χ3n) is 2.22. The molecule has 0 nitrogen and oxygen atoms in total. The highest BCUT2D eigenvalue weighted by molar-refractivity contribution is 7.80. The third-order valence-corrected chi connectivity index (χ3v) is 2.48. The second kappa shape index (κ2) is 5.93. The van der Waals surface area contributed by atoms with Crippen molar-refractivity contribution in [2.24, 2.45) is 17.8 Å². The van der Waals surface area contributed by atoms with Crippen molar-refractivity contribution >= 4 is 12.6 Å². The lowest BCUT2D eigenvalue weighted by molar-refractivity contribution is 0.310. The van der Waals surface area contributed by atoms with E-state index >= 15 is 0 Å². The van der Waals surface area contributed by atoms with Crippen LogP contribution in [0.1, 0.15) is 40.5 Å². The maximum absolute atomic E-state index is 4.28. The summed E-state index contributed by atoms with van der Waals surface area (Å²) in [4.78, 5) is 0. The van der Waals surface area contributed by atoms with E-state index in [4.69, 9.17) is 0 Å². The molecular formula is C10H22S. The summed E-state index contributed by atoms with van der Waals surface area (Å²) >= 11 is 4.28. The molecule has 0 amide bonds. The molecule has 1 atom stereocenters. The number of rotatable bonds is 5. The number of hydrogen-bond acceptors (Lipinski definition) is 1. The highest BCUT2D eigenvalue weighted by Gasteiger charge is 2.13. The van der Waals surface area contributed by atoms with Crippen LogP contribution in [-0.4, -0.2) is 5.75 Å². The smallest absolute Gasteiger partial charge is 0.00952 e. The summed E-state index contributed by atoms with van der Waals surface area (Å²) in [6.45, 7) is 9.23. The van der Waals surface area contributed by atoms with Gasteiger partial charge in [-0.3, -0.25) is 0 Å². The summed E-state index contributed by atoms with van der Waals surface area (Å²) in [7, 11) is 0. The number of thiol groups is 1. The Balaban J connectivity index is 3.69. The summed E-state index contributed by atoms with van der Waals surface area (Å²) in [5.41, 5.74) is 0. The van der Waals surface area contributed by atoms with Crippen molar-refractivity contribution in [2.45, 2.75) is 40.5 Å². The monoisotopic (exact) mass is 174 g/mol. The highest BCUT2D eigenvalue weighted by Crippen LogP contribution is 2.23. The normalized spacial score (nSPS) is 14.5. The van der Waals surface area contributed by atoms with Gasteiger partial charge in [0.1, 0.15) is 0 Å². The van der Waals surface area contributed by atoms with Gasteiger partial charge in [-0.2, -0.15) is 12.6 Å². The van der Waals surface area contributed by atoms with Crippen molar-refractivity contribution in [1.82, 2.24) is 0 Å². The minimum absolute atomic E-state index is 0.824. The first-order chi connectivity index (χ1) is 5.07. The van der Waals surface area contributed by atoms with Crippen molar-refractivity contribution in [3.63, 3.8) is 0 Å². The van der Waals surface area contributed by atoms with Crippen molar-refractivity contribution in [3.05, 3.63) is 0 Å². The van der Waals surface area contributed by atoms with Crippen molar-refractivity contribution < 1.29 is 0 Å². The van der Waals surface area contributed by atoms with Crippen LogP contribution in [0.4, 0.5) is 0 Å². The van der Waals surface area contributed by atoms with E-state index in [0.29, 0.717) is 0 Å². The van der Waals surface area contributed by atoms with E-state index in [1.54, 1.807) is 0 Å². The average molecular weight is 174 g/mol. The Kier molecular flexibility index (Phi) is 6.12. The van der Waals surface area contributed by atoms with E-state index in [1.165, 1.54) is 12.8 Å². The van der Waals surface area contributed by atoms with Crippen LogP contribution in [0.5, 0.6) is 0 Å². The van der Waals surface area contributed by atoms with Gasteiger partial charge in [-0.25, -0.2) is 0 Å². The predicted octanol–water partition coefficient (Wildman–Crippen LogP) is 3.62. The molecule has 1 heteroatoms. The van der Waals surface area contributed by atoms with E-state index in [9.17, 15) is 0 Å². The predicted molar refractivity (Wildman–Crippen MR) is 56.3 cm³/mol. The van der Waals surface area contributed by atoms with Crippen LogP contribution >= 0.6 is 12.6 Å². The maximum Gasteiger partial charge on any atom is -0.00952 e. The fourth-order valence-corrected chi connectivity index (χ4v) is 1.83. The van der Waals surface area contributed by atoms with Crippen LogP contribution in [0.15, 0.2) is 0 Å². The lowest BCUT2D eigenvalue weighted by atomic mass is 9.86. The molecule has 0 aromatic rings. The van der Waals surface area contributed by atoms with Gasteiger partial charge in [-0.1, -0.05) is 27.7 Å². The fraction of sp³-hybridized carbons (Fsp3) is 1.00. The Labute approximate surface area is 77.2 Å². The third kappa shape index (κ3) is 5.60. The van der Waals surface area contributed by atoms with Gasteiger partial charge in [-0.05, 0) is 36.3 Å². The van der Waals surface area contributed by atoms with E-state index < -0.39 is 0 Å². The van der Waals surface area contributed by atoms with Crippen LogP contribution in [0.3, 0.4) is 0 Å². The highest BCUT2D eigenvalue weighted by atomic mass is 32.1. The molecule has 0 saturated carbocycles. The molecule has 0 aliphatic carbocycles. The summed E-state index contributed by atoms with van der Waals surface area (Å²) < 4.78 is 0. The summed E-state index contributed by atoms with van der Waals surface area (Å²) in [5, 5.41) is 0. The second-order valence-electron chi connectivity index (χ2n) is 4.15. The molecule has 0 spiro atoms. The summed E-state index contributed by atoms with van der Waals surface area (Å²) in [5.74, 6) is 3.58. The van der Waals surface area contributed by atoms with Gasteiger partial charge in [-0.15, -0.1) is 0 Å². The molecule has 0 N–H and O–H groups in total. The molecular weight excluding hydrogens is 152 g/mol. The van der Waals surface area contributed by atoms with Crippen LogP contribution in [-0.2, 0) is 0 Å². The fourth-order valence-electron chi connectivity index (χ4n) is 1.49. The molecule has 0 heterocycles. The topological polar surface area (TPSA) is 0 Å². The molecule has 0 radical (unpaired) electrons. The van der Waals surface area contributed by atoms with E-state index in [-0.39, 0.29) is 0 Å². The molecule has 0 saturated heterocycles. The van der Waals surface area contributed by atoms with E-state index in [1.807, 2.05) is 0 Å². The van der Waals surface area contributed by atoms with Crippen molar-refractivity contribution in [1.29, 1.82) is 0 Å². The van der Waals surface area contributed by atoms with Gasteiger partial charge in [0.2, 0.25) is 0 Å². The van der Waals surface area contributed by atoms with Crippen LogP contribution < -0.4 is 0 Å². The Morgan fingerprint density at radius 3 is 1.91 bits per heavy atom. The largest absolute Gasteiger partial charge is 0.179 e. The zero-order chi connectivity index (χ0) is 8.85. The standard InChI is InChI=1S/C10H22S/c1-8(2)7-10(5-6-11)9(3)4/h8-11H,5-7H2,1-4H3. The van der Waals surface area contributed by atoms with Crippen LogP contribution in [0.25, 0.3) is 0 Å². The first kappa shape index (κ1) is 11.4. The Hall–Kier alpha value is 0.350. The van der Waals surface area contributed by atoms with Gasteiger partial charge in [0.15, 0.2) is 0 Å². The van der Waals surface area contributed by atoms with Gasteiger partial charge >= 0.3 is 0 Å². The second-order valence-corrected chi connectivity index (χ2v) is 4.59. The van der Waals surface area contributed by atoms with Crippen LogP contribution in [0, 0.1) is 17.8 Å². The minimum Gasteiger partial charge on any atom is -0.179 e. The maximum atomic E-state index is 4.28. The first-order valence-corrected chi connectivity index (χ1v) is 5.32. The molecule has 0 fully saturated rings. The molecule has 0 aromatic carbocycles. The average Bonchev–Trinajstić information content (AvgIpc) is 1.86. The lowest BCUT2D eigenvalue weighted by Gasteiger charge is -2.21. The molecule has 0 aliphatic heterocycles. The SMILES string of the molecule is CC(C)CC(CCS)C(C)C. The Morgan fingerprint density at radius 1 is 1.09 bits per heavy atom. The molecule has 0 aliphatic rings. The van der Waals surface area contributed by atoms with E-state index in [2.05, 4.69) is 40.3 Å². The Morgan fingerprint density at radius 2 is 1.64 bits per heavy atom. The summed E-state index contributed by atoms with van der Waals surface area (Å²) in [6.07, 6.45) is 2.64. The zero-order valence-electron chi connectivity index (χ0n) is 8.30. The minimum atomic E-state index is 0.824. The van der Waals surface area contributed by atoms with E-state index in [0.717, 1.165) is 23.5 Å². The molecule has 0 aromatic heterocycles. The van der Waals surface area contributed by atoms with Crippen molar-refractivity contribution in [3.8, 4) is 0 Å². The van der Waals surface area contributed by atoms with Crippen molar-refractivity contribution in [2.75, 3.05) is 5.75 Å². The molecule has 0 rings (SSSR count). The first-order valence-electron chi connectivity index (χ1n) is 4.68. The molecule has 1 unspecified atom stereocenters. The lowest BCUT2D eigenvalue weighted by Crippen LogP contribution is -2.12. The molecule has 68 valence electrons. The van der Waals surface area contributed by atoms with Gasteiger partial charge < -0.3 is 0 Å². The van der Waals surface area contributed by atoms with Crippen LogP contribution in [0.2, 0.25) is 0 Å². The molecule has 0 bridgehead atoms. The van der Waals surface area contributed by atoms with Gasteiger partial charge in [0, 0.05) is 0 Å². The Bertz CT molecular complexity index is 86.9. The van der Waals surface area contributed by atoms with Gasteiger partial charge in [0.05, 0.1) is 0 Å². The summed E-state index contributed by atoms with van der Waals surface area (Å²) in [6, 6.07) is 0. The number of hydrogen-bond donors (Lipinski definition) is 1. The quantitative estimate of drug-likeness (QED) is 0.605. The molecule has 11 heavy (non-hydrogen) atoms. The zero-order valence-corrected chi connectivity index (χ0v) is 9.20. The van der Waals surface area contributed by atoms with Gasteiger partial charge in [0.25, 0.3) is 0 Å².